The topological polar surface area (TPSA) is 53.8 Å². The third kappa shape index (κ3) is 3.27. The number of alkyl halides is 1. The minimum Gasteiger partial charge on any atom is -0.296 e. The zero-order valence-electron chi connectivity index (χ0n) is 10.3. The Morgan fingerprint density at radius 2 is 2.18 bits per heavy atom. The summed E-state index contributed by atoms with van der Waals surface area (Å²) in [6, 6.07) is 1.98. The van der Waals surface area contributed by atoms with Crippen LogP contribution in [0.15, 0.2) is 5.38 Å². The lowest BCUT2D eigenvalue weighted by Gasteiger charge is -2.14. The number of Topliss-reactive ketones (excluding diaryl/α,β-unsaturated/α-hetero) is 1. The number of ketones is 1. The Labute approximate surface area is 110 Å². The van der Waals surface area contributed by atoms with E-state index in [9.17, 15) is 4.79 Å². The highest BCUT2D eigenvalue weighted by Crippen LogP contribution is 2.28. The van der Waals surface area contributed by atoms with Crippen LogP contribution in [0.3, 0.4) is 0 Å². The van der Waals surface area contributed by atoms with Crippen molar-refractivity contribution in [1.29, 1.82) is 5.26 Å². The molecule has 2 atom stereocenters. The number of nitriles is 1. The van der Waals surface area contributed by atoms with Gasteiger partial charge in [0.2, 0.25) is 0 Å². The first-order valence-corrected chi connectivity index (χ1v) is 6.62. The fourth-order valence-electron chi connectivity index (χ4n) is 1.23. The van der Waals surface area contributed by atoms with Crippen molar-refractivity contribution in [2.24, 2.45) is 0 Å². The number of carbonyl (C=O) groups excluding carboxylic acids is 1. The third-order valence-corrected chi connectivity index (χ3v) is 3.47. The summed E-state index contributed by atoms with van der Waals surface area (Å²) < 4.78 is 0. The molecule has 0 radical (unpaired) electrons. The maximum atomic E-state index is 11.7. The van der Waals surface area contributed by atoms with Crippen molar-refractivity contribution in [3.63, 3.8) is 0 Å². The zero-order valence-corrected chi connectivity index (χ0v) is 11.9. The van der Waals surface area contributed by atoms with Crippen LogP contribution in [0.2, 0.25) is 0 Å². The van der Waals surface area contributed by atoms with E-state index >= 15 is 0 Å². The molecule has 92 valence electrons. The van der Waals surface area contributed by atoms with Gasteiger partial charge in [-0.15, -0.1) is 22.9 Å². The van der Waals surface area contributed by atoms with Crippen molar-refractivity contribution >= 4 is 28.7 Å². The molecule has 5 heteroatoms. The molecule has 1 rings (SSSR count). The summed E-state index contributed by atoms with van der Waals surface area (Å²) in [5.41, 5.74) is 0.817. The first-order chi connectivity index (χ1) is 7.77. The first kappa shape index (κ1) is 14.1. The summed E-state index contributed by atoms with van der Waals surface area (Å²) in [6.45, 7) is 7.70. The van der Waals surface area contributed by atoms with Gasteiger partial charge >= 0.3 is 0 Å². The minimum absolute atomic E-state index is 0.0790. The molecule has 0 aliphatic rings. The molecule has 0 saturated carbocycles. The number of thiazole rings is 1. The van der Waals surface area contributed by atoms with Gasteiger partial charge in [-0.25, -0.2) is 4.98 Å². The molecular weight excluding hydrogens is 256 g/mol. The third-order valence-electron chi connectivity index (χ3n) is 2.34. The van der Waals surface area contributed by atoms with Crippen molar-refractivity contribution in [1.82, 2.24) is 4.98 Å². The molecule has 2 unspecified atom stereocenters. The molecule has 1 aromatic heterocycles. The average molecular weight is 271 g/mol. The minimum atomic E-state index is -0.844. The molecule has 0 aromatic carbocycles. The molecule has 0 fully saturated rings. The number of nitrogens with zero attached hydrogens (tertiary/aromatic N) is 2. The molecule has 0 aliphatic heterocycles. The first-order valence-electron chi connectivity index (χ1n) is 5.30. The second-order valence-corrected chi connectivity index (χ2v) is 6.45. The van der Waals surface area contributed by atoms with E-state index in [1.807, 2.05) is 32.2 Å². The van der Waals surface area contributed by atoms with Crippen LogP contribution >= 0.6 is 22.9 Å². The standard InChI is InChI=1S/C12H15ClN2OS/c1-7(13)10(16)8(5-14)11-15-9(6-17-11)12(2,3)4/h6-8H,1-4H3. The Morgan fingerprint density at radius 1 is 1.59 bits per heavy atom. The highest BCUT2D eigenvalue weighted by atomic mass is 35.5. The molecule has 0 amide bonds. The highest BCUT2D eigenvalue weighted by molar-refractivity contribution is 7.10. The van der Waals surface area contributed by atoms with Gasteiger partial charge in [-0.05, 0) is 6.92 Å². The second-order valence-electron chi connectivity index (χ2n) is 4.90. The van der Waals surface area contributed by atoms with E-state index in [-0.39, 0.29) is 11.2 Å². The molecule has 0 N–H and O–H groups in total. The van der Waals surface area contributed by atoms with Crippen molar-refractivity contribution in [2.45, 2.75) is 44.4 Å². The van der Waals surface area contributed by atoms with Crippen LogP contribution in [0.1, 0.15) is 44.3 Å². The molecule has 1 aromatic rings. The van der Waals surface area contributed by atoms with E-state index in [1.54, 1.807) is 6.92 Å². The van der Waals surface area contributed by atoms with Crippen LogP contribution in [0.5, 0.6) is 0 Å². The summed E-state index contributed by atoms with van der Waals surface area (Å²) in [5.74, 6) is -1.13. The van der Waals surface area contributed by atoms with Crippen molar-refractivity contribution < 1.29 is 4.79 Å². The Morgan fingerprint density at radius 3 is 2.53 bits per heavy atom. The van der Waals surface area contributed by atoms with Gasteiger partial charge in [0.25, 0.3) is 0 Å². The maximum absolute atomic E-state index is 11.7. The van der Waals surface area contributed by atoms with Crippen LogP contribution in [0.25, 0.3) is 0 Å². The Bertz CT molecular complexity index is 454. The van der Waals surface area contributed by atoms with E-state index in [4.69, 9.17) is 16.9 Å². The smallest absolute Gasteiger partial charge is 0.174 e. The predicted octanol–water partition coefficient (Wildman–Crippen LogP) is 3.24. The number of hydrogen-bond acceptors (Lipinski definition) is 4. The number of rotatable bonds is 3. The summed E-state index contributed by atoms with van der Waals surface area (Å²) in [4.78, 5) is 16.1. The van der Waals surface area contributed by atoms with Crippen LogP contribution in [-0.2, 0) is 10.2 Å². The van der Waals surface area contributed by atoms with E-state index in [0.717, 1.165) is 5.69 Å². The lowest BCUT2D eigenvalue weighted by atomic mass is 9.93. The van der Waals surface area contributed by atoms with Gasteiger partial charge in [0.05, 0.1) is 17.1 Å². The molecule has 0 aliphatic carbocycles. The Kier molecular flexibility index (Phi) is 4.29. The fourth-order valence-corrected chi connectivity index (χ4v) is 2.46. The van der Waals surface area contributed by atoms with Gasteiger partial charge in [-0.2, -0.15) is 5.26 Å². The van der Waals surface area contributed by atoms with E-state index in [2.05, 4.69) is 4.98 Å². The van der Waals surface area contributed by atoms with Gasteiger partial charge in [-0.1, -0.05) is 20.8 Å². The maximum Gasteiger partial charge on any atom is 0.174 e. The molecule has 17 heavy (non-hydrogen) atoms. The zero-order chi connectivity index (χ0) is 13.2. The van der Waals surface area contributed by atoms with E-state index < -0.39 is 11.3 Å². The SMILES string of the molecule is CC(Cl)C(=O)C(C#N)c1nc(C(C)(C)C)cs1. The van der Waals surface area contributed by atoms with Gasteiger partial charge in [0.1, 0.15) is 5.01 Å². The predicted molar refractivity (Wildman–Crippen MR) is 69.5 cm³/mol. The number of carbonyl (C=O) groups is 1. The average Bonchev–Trinajstić information content (AvgIpc) is 2.67. The van der Waals surface area contributed by atoms with E-state index in [0.29, 0.717) is 5.01 Å². The summed E-state index contributed by atoms with van der Waals surface area (Å²) in [6.07, 6.45) is 0. The van der Waals surface area contributed by atoms with Crippen molar-refractivity contribution in [2.75, 3.05) is 0 Å². The summed E-state index contributed by atoms with van der Waals surface area (Å²) >= 11 is 7.07. The largest absolute Gasteiger partial charge is 0.296 e. The normalized spacial score (nSPS) is 15.1. The number of halogens is 1. The van der Waals surface area contributed by atoms with Gasteiger partial charge < -0.3 is 0 Å². The molecule has 0 bridgehead atoms. The molecule has 0 spiro atoms. The Balaban J connectivity index is 3.04. The van der Waals surface area contributed by atoms with Crippen LogP contribution in [0.4, 0.5) is 0 Å². The number of aromatic nitrogens is 1. The molecule has 1 heterocycles. The fraction of sp³-hybridized carbons (Fsp3) is 0.583. The van der Waals surface area contributed by atoms with Gasteiger partial charge in [0, 0.05) is 10.8 Å². The Hall–Kier alpha value is -0.920. The van der Waals surface area contributed by atoms with Crippen molar-refractivity contribution in [3.05, 3.63) is 16.1 Å². The lowest BCUT2D eigenvalue weighted by molar-refractivity contribution is -0.118. The van der Waals surface area contributed by atoms with Gasteiger partial charge in [0.15, 0.2) is 11.7 Å². The molecule has 3 nitrogen and oxygen atoms in total. The lowest BCUT2D eigenvalue weighted by Crippen LogP contribution is -2.19. The second kappa shape index (κ2) is 5.16. The highest BCUT2D eigenvalue weighted by Gasteiger charge is 2.28. The van der Waals surface area contributed by atoms with Crippen LogP contribution in [-0.4, -0.2) is 16.1 Å². The quantitative estimate of drug-likeness (QED) is 0.793. The molecular formula is C12H15ClN2OS. The number of hydrogen-bond donors (Lipinski definition) is 0. The summed E-state index contributed by atoms with van der Waals surface area (Å²) in [7, 11) is 0. The van der Waals surface area contributed by atoms with Gasteiger partial charge in [-0.3, -0.25) is 4.79 Å². The monoisotopic (exact) mass is 270 g/mol. The molecule has 0 saturated heterocycles. The van der Waals surface area contributed by atoms with Crippen LogP contribution < -0.4 is 0 Å². The van der Waals surface area contributed by atoms with Crippen molar-refractivity contribution in [3.8, 4) is 6.07 Å². The summed E-state index contributed by atoms with van der Waals surface area (Å²) in [5, 5.41) is 10.8. The van der Waals surface area contributed by atoms with Crippen LogP contribution in [0, 0.1) is 11.3 Å². The van der Waals surface area contributed by atoms with E-state index in [1.165, 1.54) is 11.3 Å².